The Morgan fingerprint density at radius 1 is 1.58 bits per heavy atom. The first-order valence-electron chi connectivity index (χ1n) is 4.39. The second-order valence-corrected chi connectivity index (χ2v) is 3.00. The maximum Gasteiger partial charge on any atom is 0.0852 e. The van der Waals surface area contributed by atoms with Crippen LogP contribution >= 0.6 is 0 Å². The van der Waals surface area contributed by atoms with Crippen LogP contribution in [0, 0.1) is 11.3 Å². The van der Waals surface area contributed by atoms with E-state index in [0.717, 1.165) is 26.2 Å². The molecule has 1 saturated heterocycles. The Bertz CT molecular complexity index is 157. The Labute approximate surface area is 73.5 Å². The predicted octanol–water partition coefficient (Wildman–Crippen LogP) is -0.649. The fourth-order valence-corrected chi connectivity index (χ4v) is 1.39. The summed E-state index contributed by atoms with van der Waals surface area (Å²) in [5, 5.41) is 14.8. The summed E-state index contributed by atoms with van der Waals surface area (Å²) >= 11 is 0. The number of nitriles is 1. The van der Waals surface area contributed by atoms with Gasteiger partial charge in [0.25, 0.3) is 0 Å². The van der Waals surface area contributed by atoms with Crippen LogP contribution in [-0.4, -0.2) is 43.8 Å². The molecule has 0 bridgehead atoms. The SMILES string of the molecule is CC(NCC#N)N1CCNCC1. The number of hydrogen-bond donors (Lipinski definition) is 2. The second kappa shape index (κ2) is 5.09. The van der Waals surface area contributed by atoms with Gasteiger partial charge in [0.15, 0.2) is 0 Å². The van der Waals surface area contributed by atoms with Crippen LogP contribution in [0.5, 0.6) is 0 Å². The lowest BCUT2D eigenvalue weighted by atomic mass is 10.3. The highest BCUT2D eigenvalue weighted by Gasteiger charge is 2.14. The molecule has 1 aliphatic heterocycles. The van der Waals surface area contributed by atoms with Gasteiger partial charge < -0.3 is 5.32 Å². The Morgan fingerprint density at radius 2 is 2.25 bits per heavy atom. The van der Waals surface area contributed by atoms with Gasteiger partial charge in [-0.15, -0.1) is 0 Å². The third-order valence-corrected chi connectivity index (χ3v) is 2.18. The van der Waals surface area contributed by atoms with Crippen LogP contribution in [-0.2, 0) is 0 Å². The minimum Gasteiger partial charge on any atom is -0.314 e. The molecule has 0 radical (unpaired) electrons. The van der Waals surface area contributed by atoms with E-state index in [2.05, 4.69) is 28.5 Å². The van der Waals surface area contributed by atoms with Crippen LogP contribution in [0.25, 0.3) is 0 Å². The Kier molecular flexibility index (Phi) is 4.01. The molecule has 2 N–H and O–H groups in total. The minimum absolute atomic E-state index is 0.326. The average molecular weight is 168 g/mol. The standard InChI is InChI=1S/C8H16N4/c1-8(11-3-2-9)12-6-4-10-5-7-12/h8,10-11H,3-7H2,1H3. The molecule has 1 atom stereocenters. The van der Waals surface area contributed by atoms with E-state index in [1.165, 1.54) is 0 Å². The first kappa shape index (κ1) is 9.46. The van der Waals surface area contributed by atoms with Crippen molar-refractivity contribution in [2.24, 2.45) is 0 Å². The second-order valence-electron chi connectivity index (χ2n) is 3.00. The summed E-state index contributed by atoms with van der Waals surface area (Å²) in [4.78, 5) is 2.34. The van der Waals surface area contributed by atoms with Gasteiger partial charge in [-0.1, -0.05) is 0 Å². The Balaban J connectivity index is 2.21. The van der Waals surface area contributed by atoms with Crippen LogP contribution in [0.15, 0.2) is 0 Å². The number of nitrogens with one attached hydrogen (secondary N) is 2. The molecule has 1 rings (SSSR count). The summed E-state index contributed by atoms with van der Waals surface area (Å²) in [7, 11) is 0. The summed E-state index contributed by atoms with van der Waals surface area (Å²) in [5.41, 5.74) is 0. The lowest BCUT2D eigenvalue weighted by molar-refractivity contribution is 0.162. The van der Waals surface area contributed by atoms with Crippen LogP contribution < -0.4 is 10.6 Å². The molecule has 12 heavy (non-hydrogen) atoms. The van der Waals surface area contributed by atoms with E-state index in [1.807, 2.05) is 0 Å². The lowest BCUT2D eigenvalue weighted by Gasteiger charge is -2.32. The van der Waals surface area contributed by atoms with Gasteiger partial charge in [-0.3, -0.25) is 10.2 Å². The van der Waals surface area contributed by atoms with Gasteiger partial charge in [-0.25, -0.2) is 0 Å². The van der Waals surface area contributed by atoms with Crippen molar-refractivity contribution in [3.63, 3.8) is 0 Å². The van der Waals surface area contributed by atoms with Gasteiger partial charge in [0.2, 0.25) is 0 Å². The van der Waals surface area contributed by atoms with Gasteiger partial charge in [0.1, 0.15) is 0 Å². The van der Waals surface area contributed by atoms with Gasteiger partial charge >= 0.3 is 0 Å². The maximum absolute atomic E-state index is 8.37. The van der Waals surface area contributed by atoms with Gasteiger partial charge in [0, 0.05) is 26.2 Å². The lowest BCUT2D eigenvalue weighted by Crippen LogP contribution is -2.52. The summed E-state index contributed by atoms with van der Waals surface area (Å²) in [6.45, 7) is 6.78. The molecule has 0 spiro atoms. The molecule has 1 unspecified atom stereocenters. The fraction of sp³-hybridized carbons (Fsp3) is 0.875. The zero-order chi connectivity index (χ0) is 8.81. The molecular formula is C8H16N4. The third kappa shape index (κ3) is 2.78. The first-order valence-corrected chi connectivity index (χ1v) is 4.39. The smallest absolute Gasteiger partial charge is 0.0852 e. The Hall–Kier alpha value is -0.630. The molecule has 1 aliphatic rings. The highest BCUT2D eigenvalue weighted by molar-refractivity contribution is 4.78. The molecule has 0 aromatic heterocycles. The number of nitrogens with zero attached hydrogens (tertiary/aromatic N) is 2. The molecule has 0 saturated carbocycles. The van der Waals surface area contributed by atoms with E-state index in [4.69, 9.17) is 5.26 Å². The van der Waals surface area contributed by atoms with E-state index in [-0.39, 0.29) is 0 Å². The Morgan fingerprint density at radius 3 is 2.83 bits per heavy atom. The highest BCUT2D eigenvalue weighted by atomic mass is 15.3. The van der Waals surface area contributed by atoms with Crippen molar-refractivity contribution in [3.8, 4) is 6.07 Å². The molecule has 68 valence electrons. The fourth-order valence-electron chi connectivity index (χ4n) is 1.39. The van der Waals surface area contributed by atoms with Crippen molar-refractivity contribution in [2.45, 2.75) is 13.1 Å². The van der Waals surface area contributed by atoms with Gasteiger partial charge in [0.05, 0.1) is 18.8 Å². The molecule has 4 heteroatoms. The minimum atomic E-state index is 0.326. The third-order valence-electron chi connectivity index (χ3n) is 2.18. The van der Waals surface area contributed by atoms with E-state index in [1.54, 1.807) is 0 Å². The number of hydrogen-bond acceptors (Lipinski definition) is 4. The highest BCUT2D eigenvalue weighted by Crippen LogP contribution is 1.96. The van der Waals surface area contributed by atoms with Crippen LogP contribution in [0.3, 0.4) is 0 Å². The molecule has 0 aliphatic carbocycles. The first-order chi connectivity index (χ1) is 5.84. The number of piperazine rings is 1. The normalized spacial score (nSPS) is 21.7. The molecule has 0 amide bonds. The van der Waals surface area contributed by atoms with Crippen LogP contribution in [0.1, 0.15) is 6.92 Å². The molecule has 4 nitrogen and oxygen atoms in total. The summed E-state index contributed by atoms with van der Waals surface area (Å²) < 4.78 is 0. The summed E-state index contributed by atoms with van der Waals surface area (Å²) in [6.07, 6.45) is 0.326. The number of rotatable bonds is 3. The van der Waals surface area contributed by atoms with Crippen molar-refractivity contribution in [3.05, 3.63) is 0 Å². The average Bonchev–Trinajstić information content (AvgIpc) is 2.15. The molecule has 1 fully saturated rings. The van der Waals surface area contributed by atoms with E-state index in [0.29, 0.717) is 12.7 Å². The van der Waals surface area contributed by atoms with Crippen molar-refractivity contribution >= 4 is 0 Å². The molecule has 0 aromatic rings. The summed E-state index contributed by atoms with van der Waals surface area (Å²) in [5.74, 6) is 0. The van der Waals surface area contributed by atoms with Gasteiger partial charge in [-0.2, -0.15) is 5.26 Å². The predicted molar refractivity (Wildman–Crippen MR) is 47.5 cm³/mol. The molecular weight excluding hydrogens is 152 g/mol. The van der Waals surface area contributed by atoms with Crippen molar-refractivity contribution in [1.29, 1.82) is 5.26 Å². The van der Waals surface area contributed by atoms with E-state index in [9.17, 15) is 0 Å². The molecule has 0 aromatic carbocycles. The monoisotopic (exact) mass is 168 g/mol. The van der Waals surface area contributed by atoms with Crippen molar-refractivity contribution in [2.75, 3.05) is 32.7 Å². The van der Waals surface area contributed by atoms with E-state index >= 15 is 0 Å². The van der Waals surface area contributed by atoms with Gasteiger partial charge in [-0.05, 0) is 6.92 Å². The summed E-state index contributed by atoms with van der Waals surface area (Å²) in [6, 6.07) is 2.08. The van der Waals surface area contributed by atoms with E-state index < -0.39 is 0 Å². The quantitative estimate of drug-likeness (QED) is 0.550. The van der Waals surface area contributed by atoms with Crippen LogP contribution in [0.2, 0.25) is 0 Å². The van der Waals surface area contributed by atoms with Crippen molar-refractivity contribution in [1.82, 2.24) is 15.5 Å². The topological polar surface area (TPSA) is 51.1 Å². The zero-order valence-corrected chi connectivity index (χ0v) is 7.51. The molecule has 1 heterocycles. The maximum atomic E-state index is 8.37. The zero-order valence-electron chi connectivity index (χ0n) is 7.51. The van der Waals surface area contributed by atoms with Crippen LogP contribution in [0.4, 0.5) is 0 Å². The van der Waals surface area contributed by atoms with Crippen molar-refractivity contribution < 1.29 is 0 Å². The largest absolute Gasteiger partial charge is 0.314 e.